The van der Waals surface area contributed by atoms with Crippen LogP contribution < -0.4 is 5.32 Å². The van der Waals surface area contributed by atoms with Crippen molar-refractivity contribution in [3.63, 3.8) is 0 Å². The summed E-state index contributed by atoms with van der Waals surface area (Å²) in [7, 11) is 0. The zero-order valence-electron chi connectivity index (χ0n) is 6.20. The molecule has 0 unspecified atom stereocenters. The predicted octanol–water partition coefficient (Wildman–Crippen LogP) is 1.95. The van der Waals surface area contributed by atoms with E-state index in [1.165, 1.54) is 38.8 Å². The number of fused-ring (bicyclic) bond motifs is 1. The first-order chi connectivity index (χ1) is 4.81. The van der Waals surface area contributed by atoms with Crippen molar-refractivity contribution in [1.82, 2.24) is 5.32 Å². The largest absolute Gasteiger partial charge is 0.315 e. The first-order valence-electron chi connectivity index (χ1n) is 4.21. The maximum Gasteiger partial charge on any atom is 0.0386 e. The van der Waals surface area contributed by atoms with Gasteiger partial charge in [0.2, 0.25) is 0 Å². The zero-order valence-corrected chi connectivity index (χ0v) is 8.36. The van der Waals surface area contributed by atoms with Crippen molar-refractivity contribution in [2.75, 3.05) is 13.1 Å². The molecule has 1 heterocycles. The van der Waals surface area contributed by atoms with Gasteiger partial charge in [-0.1, -0.05) is 35.4 Å². The molecular formula is C8H14IN. The first kappa shape index (κ1) is 7.35. The molecule has 2 rings (SSSR count). The Morgan fingerprint density at radius 3 is 3.10 bits per heavy atom. The van der Waals surface area contributed by atoms with E-state index in [9.17, 15) is 0 Å². The molecule has 0 aromatic rings. The molecule has 2 heteroatoms. The molecule has 2 aliphatic rings. The van der Waals surface area contributed by atoms with E-state index in [1.54, 1.807) is 0 Å². The van der Waals surface area contributed by atoms with Crippen LogP contribution in [0.25, 0.3) is 0 Å². The lowest BCUT2D eigenvalue weighted by Crippen LogP contribution is -2.33. The van der Waals surface area contributed by atoms with Gasteiger partial charge in [0.1, 0.15) is 0 Å². The lowest BCUT2D eigenvalue weighted by Gasteiger charge is -2.32. The van der Waals surface area contributed by atoms with E-state index < -0.39 is 0 Å². The molecule has 1 saturated heterocycles. The summed E-state index contributed by atoms with van der Waals surface area (Å²) in [4.78, 5) is 0. The third-order valence-corrected chi connectivity index (χ3v) is 4.74. The number of halogens is 1. The second kappa shape index (κ2) is 2.63. The summed E-state index contributed by atoms with van der Waals surface area (Å²) in [6.45, 7) is 2.54. The van der Waals surface area contributed by atoms with E-state index in [1.807, 2.05) is 0 Å². The quantitative estimate of drug-likeness (QED) is 0.512. The van der Waals surface area contributed by atoms with E-state index in [4.69, 9.17) is 0 Å². The van der Waals surface area contributed by atoms with Crippen molar-refractivity contribution in [1.29, 1.82) is 0 Å². The zero-order chi connectivity index (χ0) is 7.03. The highest BCUT2D eigenvalue weighted by Crippen LogP contribution is 2.43. The molecular weight excluding hydrogens is 237 g/mol. The number of hydrogen-bond acceptors (Lipinski definition) is 1. The van der Waals surface area contributed by atoms with Gasteiger partial charge in [-0.25, -0.2) is 0 Å². The highest BCUT2D eigenvalue weighted by atomic mass is 127. The van der Waals surface area contributed by atoms with Crippen molar-refractivity contribution in [3.05, 3.63) is 0 Å². The molecule has 0 amide bonds. The van der Waals surface area contributed by atoms with Crippen LogP contribution in [0.4, 0.5) is 0 Å². The number of hydrogen-bond donors (Lipinski definition) is 1. The molecule has 0 aromatic heterocycles. The molecule has 58 valence electrons. The Labute approximate surface area is 76.1 Å². The van der Waals surface area contributed by atoms with Crippen LogP contribution in [0, 0.1) is 5.92 Å². The fourth-order valence-electron chi connectivity index (χ4n) is 2.24. The Kier molecular flexibility index (Phi) is 1.93. The summed E-state index contributed by atoms with van der Waals surface area (Å²) in [5, 5.41) is 3.50. The Hall–Kier alpha value is 0.690. The van der Waals surface area contributed by atoms with Crippen LogP contribution in [0.15, 0.2) is 0 Å². The van der Waals surface area contributed by atoms with Crippen LogP contribution in [0.1, 0.15) is 25.7 Å². The van der Waals surface area contributed by atoms with Gasteiger partial charge in [0.25, 0.3) is 0 Å². The van der Waals surface area contributed by atoms with E-state index in [2.05, 4.69) is 27.9 Å². The summed E-state index contributed by atoms with van der Waals surface area (Å²) in [5.74, 6) is 0.988. The third-order valence-electron chi connectivity index (χ3n) is 2.94. The van der Waals surface area contributed by atoms with Gasteiger partial charge >= 0.3 is 0 Å². The minimum Gasteiger partial charge on any atom is -0.315 e. The van der Waals surface area contributed by atoms with Crippen molar-refractivity contribution in [2.45, 2.75) is 29.1 Å². The van der Waals surface area contributed by atoms with Gasteiger partial charge in [-0.2, -0.15) is 0 Å². The smallest absolute Gasteiger partial charge is 0.0386 e. The standard InChI is InChI=1S/C8H14IN/c9-8-4-2-1-3-7(8)5-10-6-8/h7,10H,1-6H2/t7-,8+/m0/s1. The van der Waals surface area contributed by atoms with Crippen molar-refractivity contribution >= 4 is 22.6 Å². The van der Waals surface area contributed by atoms with E-state index in [0.29, 0.717) is 3.42 Å². The summed E-state index contributed by atoms with van der Waals surface area (Å²) in [5.41, 5.74) is 0. The number of rotatable bonds is 0. The first-order valence-corrected chi connectivity index (χ1v) is 5.29. The predicted molar refractivity (Wildman–Crippen MR) is 51.6 cm³/mol. The number of alkyl halides is 1. The van der Waals surface area contributed by atoms with E-state index in [-0.39, 0.29) is 0 Å². The van der Waals surface area contributed by atoms with Gasteiger partial charge in [0, 0.05) is 9.97 Å². The summed E-state index contributed by atoms with van der Waals surface area (Å²) < 4.78 is 0.649. The molecule has 0 spiro atoms. The van der Waals surface area contributed by atoms with Gasteiger partial charge in [-0.15, -0.1) is 0 Å². The third kappa shape index (κ3) is 1.09. The lowest BCUT2D eigenvalue weighted by atomic mass is 9.82. The molecule has 1 nitrogen and oxygen atoms in total. The molecule has 1 saturated carbocycles. The lowest BCUT2D eigenvalue weighted by molar-refractivity contribution is 0.349. The van der Waals surface area contributed by atoms with Crippen LogP contribution in [-0.2, 0) is 0 Å². The van der Waals surface area contributed by atoms with Gasteiger partial charge in [-0.05, 0) is 25.3 Å². The number of nitrogens with one attached hydrogen (secondary N) is 1. The van der Waals surface area contributed by atoms with Crippen molar-refractivity contribution in [3.8, 4) is 0 Å². The molecule has 0 aromatic carbocycles. The molecule has 1 aliphatic heterocycles. The fraction of sp³-hybridized carbons (Fsp3) is 1.00. The Bertz CT molecular complexity index is 137. The normalized spacial score (nSPS) is 47.1. The molecule has 0 bridgehead atoms. The summed E-state index contributed by atoms with van der Waals surface area (Å²) >= 11 is 2.68. The van der Waals surface area contributed by atoms with Crippen LogP contribution in [0.2, 0.25) is 0 Å². The van der Waals surface area contributed by atoms with Crippen LogP contribution in [0.3, 0.4) is 0 Å². The minimum atomic E-state index is 0.649. The summed E-state index contributed by atoms with van der Waals surface area (Å²) in [6, 6.07) is 0. The van der Waals surface area contributed by atoms with E-state index >= 15 is 0 Å². The molecule has 1 aliphatic carbocycles. The maximum absolute atomic E-state index is 3.50. The van der Waals surface area contributed by atoms with Crippen LogP contribution >= 0.6 is 22.6 Å². The van der Waals surface area contributed by atoms with Crippen LogP contribution in [-0.4, -0.2) is 16.5 Å². The average molecular weight is 251 g/mol. The second-order valence-electron chi connectivity index (χ2n) is 3.61. The van der Waals surface area contributed by atoms with Crippen LogP contribution in [0.5, 0.6) is 0 Å². The highest BCUT2D eigenvalue weighted by molar-refractivity contribution is 14.1. The molecule has 10 heavy (non-hydrogen) atoms. The fourth-order valence-corrected chi connectivity index (χ4v) is 3.43. The van der Waals surface area contributed by atoms with Gasteiger partial charge in [0.15, 0.2) is 0 Å². The van der Waals surface area contributed by atoms with Gasteiger partial charge in [-0.3, -0.25) is 0 Å². The minimum absolute atomic E-state index is 0.649. The molecule has 1 N–H and O–H groups in total. The van der Waals surface area contributed by atoms with Crippen molar-refractivity contribution in [2.24, 2.45) is 5.92 Å². The monoisotopic (exact) mass is 251 g/mol. The topological polar surface area (TPSA) is 12.0 Å². The molecule has 0 radical (unpaired) electrons. The Balaban J connectivity index is 2.10. The summed E-state index contributed by atoms with van der Waals surface area (Å²) in [6.07, 6.45) is 5.85. The van der Waals surface area contributed by atoms with Gasteiger partial charge < -0.3 is 5.32 Å². The van der Waals surface area contributed by atoms with Gasteiger partial charge in [0.05, 0.1) is 0 Å². The Morgan fingerprint density at radius 2 is 2.30 bits per heavy atom. The SMILES string of the molecule is I[C@@]12CCCC[C@H]1CNC2. The Morgan fingerprint density at radius 1 is 1.40 bits per heavy atom. The molecule has 2 fully saturated rings. The molecule has 2 atom stereocenters. The van der Waals surface area contributed by atoms with Crippen molar-refractivity contribution < 1.29 is 0 Å². The average Bonchev–Trinajstić information content (AvgIpc) is 2.29. The van der Waals surface area contributed by atoms with E-state index in [0.717, 1.165) is 5.92 Å². The highest BCUT2D eigenvalue weighted by Gasteiger charge is 2.41. The second-order valence-corrected chi connectivity index (χ2v) is 5.76. The maximum atomic E-state index is 3.50.